The fraction of sp³-hybridized carbons (Fsp3) is 0.278. The monoisotopic (exact) mass is 334 g/mol. The number of ether oxygens (including phenoxy) is 3. The number of benzene rings is 2. The molecule has 2 aromatic carbocycles. The molecule has 0 aliphatic rings. The summed E-state index contributed by atoms with van der Waals surface area (Å²) in [5, 5.41) is 1.85. The second kappa shape index (κ2) is 7.88. The van der Waals surface area contributed by atoms with Crippen LogP contribution < -0.4 is 9.47 Å². The Bertz CT molecular complexity index is 724. The Morgan fingerprint density at radius 2 is 1.87 bits per heavy atom. The summed E-state index contributed by atoms with van der Waals surface area (Å²) in [4.78, 5) is 11.3. The minimum atomic E-state index is -0.416. The molecule has 5 heteroatoms. The van der Waals surface area contributed by atoms with Crippen LogP contribution in [0.4, 0.5) is 0 Å². The van der Waals surface area contributed by atoms with E-state index in [9.17, 15) is 4.79 Å². The number of rotatable bonds is 7. The smallest absolute Gasteiger partial charge is 0.333 e. The lowest BCUT2D eigenvalue weighted by molar-refractivity contribution is -0.139. The lowest BCUT2D eigenvalue weighted by atomic mass is 10.0. The zero-order chi connectivity index (χ0) is 16.8. The topological polar surface area (TPSA) is 44.8 Å². The quantitative estimate of drug-likeness (QED) is 0.329. The van der Waals surface area contributed by atoms with Crippen LogP contribution in [-0.4, -0.2) is 25.2 Å². The van der Waals surface area contributed by atoms with E-state index in [1.54, 1.807) is 6.92 Å². The Labute approximate surface area is 140 Å². The molecule has 0 N–H and O–H groups in total. The van der Waals surface area contributed by atoms with E-state index >= 15 is 0 Å². The first-order valence-corrected chi connectivity index (χ1v) is 7.74. The molecule has 23 heavy (non-hydrogen) atoms. The fourth-order valence-corrected chi connectivity index (χ4v) is 2.34. The van der Waals surface area contributed by atoms with E-state index < -0.39 is 5.97 Å². The van der Waals surface area contributed by atoms with Gasteiger partial charge in [0.2, 0.25) is 0 Å². The van der Waals surface area contributed by atoms with Gasteiger partial charge in [-0.3, -0.25) is 0 Å². The molecule has 0 saturated heterocycles. The van der Waals surface area contributed by atoms with Gasteiger partial charge in [0.15, 0.2) is 6.07 Å². The van der Waals surface area contributed by atoms with Crippen molar-refractivity contribution in [3.8, 4) is 11.5 Å². The molecule has 122 valence electrons. The van der Waals surface area contributed by atoms with E-state index in [1.165, 1.54) is 0 Å². The third-order valence-corrected chi connectivity index (χ3v) is 3.37. The molecule has 2 rings (SSSR count). The maximum atomic E-state index is 11.3. The molecule has 0 spiro atoms. The number of halogens is 1. The lowest BCUT2D eigenvalue weighted by Crippen LogP contribution is -2.13. The Kier molecular flexibility index (Phi) is 5.88. The van der Waals surface area contributed by atoms with Gasteiger partial charge in [-0.2, -0.15) is 0 Å². The normalized spacial score (nSPS) is 10.4. The van der Waals surface area contributed by atoms with Crippen LogP contribution in [0.1, 0.15) is 12.5 Å². The van der Waals surface area contributed by atoms with Crippen molar-refractivity contribution in [3.05, 3.63) is 48.0 Å². The molecule has 0 heterocycles. The summed E-state index contributed by atoms with van der Waals surface area (Å²) in [5.74, 6) is 1.05. The first-order chi connectivity index (χ1) is 11.0. The first-order valence-electron chi connectivity index (χ1n) is 7.21. The molecule has 0 amide bonds. The van der Waals surface area contributed by atoms with Crippen LogP contribution in [0, 0.1) is 6.92 Å². The van der Waals surface area contributed by atoms with E-state index in [0.29, 0.717) is 11.3 Å². The summed E-state index contributed by atoms with van der Waals surface area (Å²) in [5.41, 5.74) is 1.30. The van der Waals surface area contributed by atoms with Gasteiger partial charge in [0.1, 0.15) is 24.7 Å². The predicted molar refractivity (Wildman–Crippen MR) is 91.3 cm³/mol. The number of aryl methyl sites for hydroxylation is 1. The maximum Gasteiger partial charge on any atom is 0.333 e. The predicted octanol–water partition coefficient (Wildman–Crippen LogP) is 4.22. The van der Waals surface area contributed by atoms with Crippen LogP contribution in [0.5, 0.6) is 11.5 Å². The van der Waals surface area contributed by atoms with Crippen LogP contribution in [0.2, 0.25) is 0 Å². The van der Waals surface area contributed by atoms with Gasteiger partial charge in [0.25, 0.3) is 0 Å². The summed E-state index contributed by atoms with van der Waals surface area (Å²) >= 11 is 5.68. The summed E-state index contributed by atoms with van der Waals surface area (Å²) in [7, 11) is 0. The van der Waals surface area contributed by atoms with Gasteiger partial charge in [-0.05, 0) is 25.5 Å². The molecule has 0 fully saturated rings. The Morgan fingerprint density at radius 3 is 2.52 bits per heavy atom. The second-order valence-corrected chi connectivity index (χ2v) is 5.30. The summed E-state index contributed by atoms with van der Waals surface area (Å²) in [6.07, 6.45) is 0. The number of hydrogen-bond donors (Lipinski definition) is 0. The van der Waals surface area contributed by atoms with Crippen molar-refractivity contribution in [1.82, 2.24) is 0 Å². The molecule has 0 saturated carbocycles. The van der Waals surface area contributed by atoms with Gasteiger partial charge >= 0.3 is 5.97 Å². The molecular weight excluding hydrogens is 316 g/mol. The molecule has 0 aromatic heterocycles. The molecule has 0 aliphatic carbocycles. The highest BCUT2D eigenvalue weighted by atomic mass is 35.5. The first kappa shape index (κ1) is 17.2. The molecule has 0 radical (unpaired) electrons. The van der Waals surface area contributed by atoms with E-state index in [2.05, 4.69) is 6.58 Å². The van der Waals surface area contributed by atoms with Crippen molar-refractivity contribution in [1.29, 1.82) is 0 Å². The van der Waals surface area contributed by atoms with Gasteiger partial charge in [0.05, 0.1) is 0 Å². The molecule has 0 aliphatic heterocycles. The lowest BCUT2D eigenvalue weighted by Gasteiger charge is -2.15. The number of hydrogen-bond acceptors (Lipinski definition) is 4. The SMILES string of the molecule is C=C(C)C(=O)OCCOc1c(C)cc(OCCl)c2ccccc12. The highest BCUT2D eigenvalue weighted by molar-refractivity contribution is 6.17. The largest absolute Gasteiger partial charge is 0.489 e. The molecule has 2 aromatic rings. The number of carbonyl (C=O) groups is 1. The summed E-state index contributed by atoms with van der Waals surface area (Å²) in [6.45, 7) is 7.50. The number of esters is 1. The molecule has 0 unspecified atom stereocenters. The van der Waals surface area contributed by atoms with Crippen molar-refractivity contribution >= 4 is 28.3 Å². The van der Waals surface area contributed by atoms with Crippen LogP contribution in [-0.2, 0) is 9.53 Å². The van der Waals surface area contributed by atoms with E-state index in [-0.39, 0.29) is 19.3 Å². The summed E-state index contributed by atoms with van der Waals surface area (Å²) < 4.78 is 16.3. The highest BCUT2D eigenvalue weighted by Crippen LogP contribution is 2.36. The van der Waals surface area contributed by atoms with Crippen LogP contribution >= 0.6 is 11.6 Å². The van der Waals surface area contributed by atoms with Gasteiger partial charge in [0, 0.05) is 16.3 Å². The Hall–Kier alpha value is -2.20. The standard InChI is InChI=1S/C18H19ClO4/c1-12(2)18(20)22-9-8-21-17-13(3)10-16(23-11-19)14-6-4-5-7-15(14)17/h4-7,10H,1,8-9,11H2,2-3H3. The third-order valence-electron chi connectivity index (χ3n) is 3.26. The average Bonchev–Trinajstić information content (AvgIpc) is 2.53. The van der Waals surface area contributed by atoms with Crippen LogP contribution in [0.15, 0.2) is 42.5 Å². The van der Waals surface area contributed by atoms with Gasteiger partial charge < -0.3 is 14.2 Å². The van der Waals surface area contributed by atoms with E-state index in [4.69, 9.17) is 25.8 Å². The Morgan fingerprint density at radius 1 is 1.17 bits per heavy atom. The molecule has 0 bridgehead atoms. The van der Waals surface area contributed by atoms with Crippen LogP contribution in [0.3, 0.4) is 0 Å². The maximum absolute atomic E-state index is 11.3. The van der Waals surface area contributed by atoms with E-state index in [0.717, 1.165) is 22.1 Å². The molecular formula is C18H19ClO4. The van der Waals surface area contributed by atoms with Crippen molar-refractivity contribution in [3.63, 3.8) is 0 Å². The average molecular weight is 335 g/mol. The fourth-order valence-electron chi connectivity index (χ4n) is 2.22. The van der Waals surface area contributed by atoms with Crippen molar-refractivity contribution in [2.45, 2.75) is 13.8 Å². The zero-order valence-electron chi connectivity index (χ0n) is 13.2. The molecule has 0 atom stereocenters. The van der Waals surface area contributed by atoms with E-state index in [1.807, 2.05) is 37.3 Å². The number of fused-ring (bicyclic) bond motifs is 1. The van der Waals surface area contributed by atoms with Gasteiger partial charge in [-0.1, -0.05) is 42.4 Å². The van der Waals surface area contributed by atoms with Gasteiger partial charge in [-0.15, -0.1) is 0 Å². The number of alkyl halides is 1. The Balaban J connectivity index is 2.17. The van der Waals surface area contributed by atoms with Crippen LogP contribution in [0.25, 0.3) is 10.8 Å². The summed E-state index contributed by atoms with van der Waals surface area (Å²) in [6, 6.07) is 9.74. The minimum Gasteiger partial charge on any atom is -0.489 e. The van der Waals surface area contributed by atoms with Crippen molar-refractivity contribution < 1.29 is 19.0 Å². The second-order valence-electron chi connectivity index (χ2n) is 5.08. The van der Waals surface area contributed by atoms with Crippen molar-refractivity contribution in [2.75, 3.05) is 19.3 Å². The van der Waals surface area contributed by atoms with Gasteiger partial charge in [-0.25, -0.2) is 4.79 Å². The third kappa shape index (κ3) is 4.17. The highest BCUT2D eigenvalue weighted by Gasteiger charge is 2.12. The number of carbonyl (C=O) groups excluding carboxylic acids is 1. The minimum absolute atomic E-state index is 0.0838. The molecule has 4 nitrogen and oxygen atoms in total. The zero-order valence-corrected chi connectivity index (χ0v) is 14.0. The van der Waals surface area contributed by atoms with Crippen molar-refractivity contribution in [2.24, 2.45) is 0 Å².